The van der Waals surface area contributed by atoms with Crippen LogP contribution in [0.1, 0.15) is 24.7 Å². The number of aliphatic imine (C=N–C) groups is 1. The number of amidine groups is 1. The molecule has 15 heavy (non-hydrogen) atoms. The van der Waals surface area contributed by atoms with Crippen LogP contribution in [-0.2, 0) is 4.79 Å². The van der Waals surface area contributed by atoms with Crippen molar-refractivity contribution in [1.82, 2.24) is 15.3 Å². The molecule has 0 bridgehead atoms. The summed E-state index contributed by atoms with van der Waals surface area (Å²) in [4.78, 5) is 23.8. The van der Waals surface area contributed by atoms with E-state index in [0.29, 0.717) is 18.1 Å². The molecule has 1 unspecified atom stereocenters. The van der Waals surface area contributed by atoms with E-state index in [1.165, 1.54) is 0 Å². The van der Waals surface area contributed by atoms with E-state index in [-0.39, 0.29) is 11.9 Å². The second-order valence-electron chi connectivity index (χ2n) is 3.48. The standard InChI is InChI=1S/C10H12N4O/c1-3-7-10(15)14-9(13-7)8-11-4-6(2)5-12-8/h4-5,7H,3H2,1-2H3,(H,13,14,15). The van der Waals surface area contributed by atoms with E-state index in [9.17, 15) is 4.79 Å². The molecule has 1 aliphatic heterocycles. The molecule has 1 aliphatic rings. The third-order valence-corrected chi connectivity index (χ3v) is 2.21. The maximum Gasteiger partial charge on any atom is 0.250 e. The van der Waals surface area contributed by atoms with E-state index in [1.807, 2.05) is 13.8 Å². The molecule has 0 aromatic carbocycles. The predicted molar refractivity (Wildman–Crippen MR) is 55.5 cm³/mol. The van der Waals surface area contributed by atoms with Crippen LogP contribution >= 0.6 is 0 Å². The molecule has 5 heteroatoms. The van der Waals surface area contributed by atoms with Crippen molar-refractivity contribution in [2.45, 2.75) is 26.3 Å². The van der Waals surface area contributed by atoms with Gasteiger partial charge in [0.2, 0.25) is 5.91 Å². The number of rotatable bonds is 2. The van der Waals surface area contributed by atoms with Gasteiger partial charge in [-0.2, -0.15) is 0 Å². The SMILES string of the molecule is CCC1N=C(c2ncc(C)cn2)NC1=O. The first-order valence-corrected chi connectivity index (χ1v) is 4.88. The normalized spacial score (nSPS) is 20.0. The molecule has 1 aromatic rings. The Labute approximate surface area is 87.7 Å². The highest BCUT2D eigenvalue weighted by atomic mass is 16.2. The van der Waals surface area contributed by atoms with E-state index in [1.54, 1.807) is 12.4 Å². The molecule has 1 amide bonds. The zero-order valence-corrected chi connectivity index (χ0v) is 8.69. The van der Waals surface area contributed by atoms with Crippen LogP contribution in [0.2, 0.25) is 0 Å². The van der Waals surface area contributed by atoms with Gasteiger partial charge in [0.1, 0.15) is 6.04 Å². The number of aryl methyl sites for hydroxylation is 1. The summed E-state index contributed by atoms with van der Waals surface area (Å²) in [5.41, 5.74) is 0.982. The summed E-state index contributed by atoms with van der Waals surface area (Å²) in [6.45, 7) is 3.83. The summed E-state index contributed by atoms with van der Waals surface area (Å²) in [6.07, 6.45) is 4.10. The molecule has 78 valence electrons. The molecular formula is C10H12N4O. The quantitative estimate of drug-likeness (QED) is 0.760. The number of nitrogens with zero attached hydrogens (tertiary/aromatic N) is 3. The van der Waals surface area contributed by atoms with Gasteiger partial charge in [-0.15, -0.1) is 0 Å². The van der Waals surface area contributed by atoms with Gasteiger partial charge in [0, 0.05) is 12.4 Å². The molecule has 0 aliphatic carbocycles. The fourth-order valence-corrected chi connectivity index (χ4v) is 1.35. The first-order valence-electron chi connectivity index (χ1n) is 4.88. The zero-order chi connectivity index (χ0) is 10.8. The maximum atomic E-state index is 11.4. The molecular weight excluding hydrogens is 192 g/mol. The van der Waals surface area contributed by atoms with E-state index in [0.717, 1.165) is 5.56 Å². The summed E-state index contributed by atoms with van der Waals surface area (Å²) in [6, 6.07) is -0.287. The van der Waals surface area contributed by atoms with E-state index < -0.39 is 0 Å². The Balaban J connectivity index is 2.26. The highest BCUT2D eigenvalue weighted by molar-refractivity contribution is 6.11. The maximum absolute atomic E-state index is 11.4. The number of hydrogen-bond acceptors (Lipinski definition) is 4. The highest BCUT2D eigenvalue weighted by Crippen LogP contribution is 2.07. The lowest BCUT2D eigenvalue weighted by molar-refractivity contribution is -0.120. The van der Waals surface area contributed by atoms with Crippen LogP contribution in [0.5, 0.6) is 0 Å². The average Bonchev–Trinajstić information content (AvgIpc) is 2.61. The number of carbonyl (C=O) groups is 1. The molecule has 0 radical (unpaired) electrons. The van der Waals surface area contributed by atoms with E-state index in [4.69, 9.17) is 0 Å². The summed E-state index contributed by atoms with van der Waals surface area (Å²) >= 11 is 0. The number of amides is 1. The van der Waals surface area contributed by atoms with Crippen molar-refractivity contribution >= 4 is 11.7 Å². The molecule has 1 N–H and O–H groups in total. The third kappa shape index (κ3) is 1.86. The molecule has 5 nitrogen and oxygen atoms in total. The van der Waals surface area contributed by atoms with Crippen LogP contribution in [0.3, 0.4) is 0 Å². The Hall–Kier alpha value is -1.78. The summed E-state index contributed by atoms with van der Waals surface area (Å²) < 4.78 is 0. The van der Waals surface area contributed by atoms with E-state index in [2.05, 4.69) is 20.3 Å². The third-order valence-electron chi connectivity index (χ3n) is 2.21. The molecule has 0 saturated heterocycles. The molecule has 0 fully saturated rings. The van der Waals surface area contributed by atoms with Crippen LogP contribution in [0.15, 0.2) is 17.4 Å². The van der Waals surface area contributed by atoms with Crippen molar-refractivity contribution in [1.29, 1.82) is 0 Å². The van der Waals surface area contributed by atoms with Gasteiger partial charge in [-0.05, 0) is 18.9 Å². The summed E-state index contributed by atoms with van der Waals surface area (Å²) in [7, 11) is 0. The van der Waals surface area contributed by atoms with Gasteiger partial charge in [-0.3, -0.25) is 9.79 Å². The van der Waals surface area contributed by atoms with Gasteiger partial charge in [0.25, 0.3) is 0 Å². The van der Waals surface area contributed by atoms with Crippen LogP contribution in [0.25, 0.3) is 0 Å². The minimum absolute atomic E-state index is 0.0725. The number of hydrogen-bond donors (Lipinski definition) is 1. The summed E-state index contributed by atoms with van der Waals surface area (Å²) in [5.74, 6) is 0.883. The second kappa shape index (κ2) is 3.76. The highest BCUT2D eigenvalue weighted by Gasteiger charge is 2.26. The largest absolute Gasteiger partial charge is 0.306 e. The molecule has 2 rings (SSSR count). The van der Waals surface area contributed by atoms with Crippen molar-refractivity contribution in [3.63, 3.8) is 0 Å². The Bertz CT molecular complexity index is 410. The Morgan fingerprint density at radius 2 is 2.07 bits per heavy atom. The predicted octanol–water partition coefficient (Wildman–Crippen LogP) is 0.440. The Morgan fingerprint density at radius 3 is 2.60 bits per heavy atom. The van der Waals surface area contributed by atoms with Gasteiger partial charge in [-0.1, -0.05) is 6.92 Å². The van der Waals surface area contributed by atoms with Crippen LogP contribution in [0, 0.1) is 6.92 Å². The average molecular weight is 204 g/mol. The molecule has 0 spiro atoms. The number of nitrogens with one attached hydrogen (secondary N) is 1. The van der Waals surface area contributed by atoms with Gasteiger partial charge in [-0.25, -0.2) is 9.97 Å². The molecule has 2 heterocycles. The molecule has 0 saturated carbocycles. The lowest BCUT2D eigenvalue weighted by Gasteiger charge is -1.98. The Morgan fingerprint density at radius 1 is 1.40 bits per heavy atom. The van der Waals surface area contributed by atoms with Gasteiger partial charge < -0.3 is 5.32 Å². The van der Waals surface area contributed by atoms with Crippen LogP contribution < -0.4 is 5.32 Å². The Kier molecular flexibility index (Phi) is 2.45. The van der Waals surface area contributed by atoms with Crippen molar-refractivity contribution < 1.29 is 4.79 Å². The van der Waals surface area contributed by atoms with Crippen LogP contribution in [0.4, 0.5) is 0 Å². The lowest BCUT2D eigenvalue weighted by atomic mass is 10.2. The first-order chi connectivity index (χ1) is 7.20. The van der Waals surface area contributed by atoms with Gasteiger partial charge in [0.05, 0.1) is 0 Å². The zero-order valence-electron chi connectivity index (χ0n) is 8.69. The fraction of sp³-hybridized carbons (Fsp3) is 0.400. The topological polar surface area (TPSA) is 67.2 Å². The van der Waals surface area contributed by atoms with Gasteiger partial charge >= 0.3 is 0 Å². The first kappa shape index (κ1) is 9.76. The fourth-order valence-electron chi connectivity index (χ4n) is 1.35. The lowest BCUT2D eigenvalue weighted by Crippen LogP contribution is -2.29. The van der Waals surface area contributed by atoms with Crippen molar-refractivity contribution in [3.8, 4) is 0 Å². The minimum atomic E-state index is -0.287. The van der Waals surface area contributed by atoms with Crippen molar-refractivity contribution in [2.75, 3.05) is 0 Å². The smallest absolute Gasteiger partial charge is 0.250 e. The van der Waals surface area contributed by atoms with Gasteiger partial charge in [0.15, 0.2) is 11.7 Å². The second-order valence-corrected chi connectivity index (χ2v) is 3.48. The minimum Gasteiger partial charge on any atom is -0.306 e. The summed E-state index contributed by atoms with van der Waals surface area (Å²) in [5, 5.41) is 2.68. The van der Waals surface area contributed by atoms with Crippen molar-refractivity contribution in [2.24, 2.45) is 4.99 Å². The number of carbonyl (C=O) groups excluding carboxylic acids is 1. The van der Waals surface area contributed by atoms with E-state index >= 15 is 0 Å². The molecule has 1 atom stereocenters. The van der Waals surface area contributed by atoms with Crippen molar-refractivity contribution in [3.05, 3.63) is 23.8 Å². The molecule has 1 aromatic heterocycles. The monoisotopic (exact) mass is 204 g/mol. The number of aromatic nitrogens is 2. The van der Waals surface area contributed by atoms with Crippen LogP contribution in [-0.4, -0.2) is 27.8 Å².